The van der Waals surface area contributed by atoms with E-state index >= 15 is 0 Å². The van der Waals surface area contributed by atoms with Crippen molar-refractivity contribution >= 4 is 11.3 Å². The van der Waals surface area contributed by atoms with Crippen molar-refractivity contribution in [2.24, 2.45) is 0 Å². The molecule has 28 heavy (non-hydrogen) atoms. The number of piperazine rings is 1. The summed E-state index contributed by atoms with van der Waals surface area (Å²) in [5.41, 5.74) is 2.19. The fraction of sp³-hybridized carbons (Fsp3) is 0.400. The van der Waals surface area contributed by atoms with E-state index in [4.69, 9.17) is 0 Å². The highest BCUT2D eigenvalue weighted by atomic mass is 32.1. The highest BCUT2D eigenvalue weighted by Crippen LogP contribution is 2.34. The Morgan fingerprint density at radius 3 is 2.71 bits per heavy atom. The van der Waals surface area contributed by atoms with Crippen LogP contribution in [0.5, 0.6) is 0 Å². The van der Waals surface area contributed by atoms with Gasteiger partial charge in [0.1, 0.15) is 5.01 Å². The Morgan fingerprint density at radius 2 is 2.07 bits per heavy atom. The molecule has 7 nitrogen and oxygen atoms in total. The third kappa shape index (κ3) is 3.76. The van der Waals surface area contributed by atoms with Gasteiger partial charge in [-0.15, -0.1) is 28.1 Å². The Kier molecular flexibility index (Phi) is 5.61. The molecule has 1 N–H and O–H groups in total. The van der Waals surface area contributed by atoms with Crippen LogP contribution in [0.15, 0.2) is 48.5 Å². The van der Waals surface area contributed by atoms with Crippen LogP contribution in [0.1, 0.15) is 30.5 Å². The van der Waals surface area contributed by atoms with Crippen molar-refractivity contribution in [3.05, 3.63) is 59.1 Å². The fourth-order valence-corrected chi connectivity index (χ4v) is 4.73. The van der Waals surface area contributed by atoms with Crippen molar-refractivity contribution in [3.8, 4) is 11.4 Å². The molecule has 1 aliphatic rings. The van der Waals surface area contributed by atoms with E-state index in [-0.39, 0.29) is 6.04 Å². The van der Waals surface area contributed by atoms with Gasteiger partial charge in [-0.3, -0.25) is 9.80 Å². The molecule has 1 aromatic carbocycles. The number of H-pyrrole nitrogens is 1. The first-order chi connectivity index (χ1) is 13.7. The number of aromatic amines is 1. The third-order valence-corrected chi connectivity index (χ3v) is 6.20. The minimum absolute atomic E-state index is 0.141. The molecule has 3 heterocycles. The molecule has 4 rings (SSSR count). The molecule has 1 saturated heterocycles. The molecule has 1 aliphatic heterocycles. The number of hydrogen-bond acceptors (Lipinski definition) is 7. The minimum Gasteiger partial charge on any atom is -0.294 e. The van der Waals surface area contributed by atoms with Gasteiger partial charge in [-0.05, 0) is 24.6 Å². The maximum Gasteiger partial charge on any atom is 0.204 e. The molecule has 0 unspecified atom stereocenters. The van der Waals surface area contributed by atoms with E-state index in [1.54, 1.807) is 11.3 Å². The van der Waals surface area contributed by atoms with E-state index in [1.165, 1.54) is 5.56 Å². The fourth-order valence-electron chi connectivity index (χ4n) is 3.95. The molecule has 8 heteroatoms. The summed E-state index contributed by atoms with van der Waals surface area (Å²) in [6.07, 6.45) is 3.89. The third-order valence-electron chi connectivity index (χ3n) is 5.37. The van der Waals surface area contributed by atoms with E-state index in [0.29, 0.717) is 17.9 Å². The van der Waals surface area contributed by atoms with Gasteiger partial charge in [-0.1, -0.05) is 30.3 Å². The Balaban J connectivity index is 1.64. The van der Waals surface area contributed by atoms with Crippen molar-refractivity contribution in [3.63, 3.8) is 0 Å². The molecule has 2 aromatic heterocycles. The van der Waals surface area contributed by atoms with Crippen LogP contribution in [0.25, 0.3) is 11.4 Å². The summed E-state index contributed by atoms with van der Waals surface area (Å²) in [6.45, 7) is 11.4. The van der Waals surface area contributed by atoms with E-state index in [0.717, 1.165) is 30.2 Å². The lowest BCUT2D eigenvalue weighted by atomic mass is 9.98. The lowest BCUT2D eigenvalue weighted by molar-refractivity contribution is 0.0306. The lowest BCUT2D eigenvalue weighted by Crippen LogP contribution is -2.57. The number of rotatable bonds is 6. The van der Waals surface area contributed by atoms with Gasteiger partial charge in [0.05, 0.1) is 6.04 Å². The Labute approximate surface area is 169 Å². The van der Waals surface area contributed by atoms with Crippen molar-refractivity contribution in [1.82, 2.24) is 35.4 Å². The topological polar surface area (TPSA) is 73.8 Å². The molecule has 0 saturated carbocycles. The van der Waals surface area contributed by atoms with Crippen LogP contribution in [0.2, 0.25) is 0 Å². The van der Waals surface area contributed by atoms with Crippen molar-refractivity contribution in [1.29, 1.82) is 0 Å². The number of aromatic nitrogens is 5. The average Bonchev–Trinajstić information content (AvgIpc) is 3.41. The van der Waals surface area contributed by atoms with Crippen LogP contribution in [0, 0.1) is 0 Å². The lowest BCUT2D eigenvalue weighted by Gasteiger charge is -2.46. The van der Waals surface area contributed by atoms with E-state index in [1.807, 2.05) is 12.3 Å². The van der Waals surface area contributed by atoms with Crippen LogP contribution in [-0.4, -0.2) is 67.1 Å². The summed E-state index contributed by atoms with van der Waals surface area (Å²) >= 11 is 1.71. The molecule has 0 bridgehead atoms. The first kappa shape index (κ1) is 18.9. The maximum absolute atomic E-state index is 4.66. The molecular formula is C20H25N7S. The highest BCUT2D eigenvalue weighted by molar-refractivity contribution is 7.09. The largest absolute Gasteiger partial charge is 0.294 e. The Morgan fingerprint density at radius 1 is 1.25 bits per heavy atom. The van der Waals surface area contributed by atoms with Gasteiger partial charge >= 0.3 is 0 Å². The molecule has 146 valence electrons. The molecule has 0 amide bonds. The van der Waals surface area contributed by atoms with Gasteiger partial charge in [-0.25, -0.2) is 4.98 Å². The molecule has 0 radical (unpaired) electrons. The standard InChI is InChI=1S/C20H25N7S/c1-4-10-26-12-15(3)27(13-14(26)2)18(20-21-9-11-28-20)16-5-7-17(8-6-16)19-22-24-25-23-19/h4-9,11,14-15,18H,1,10,12-13H2,2-3H3,(H,22,23,24,25)/t14-,15-,18+/m0/s1. The van der Waals surface area contributed by atoms with Gasteiger partial charge in [0.25, 0.3) is 0 Å². The zero-order chi connectivity index (χ0) is 19.5. The van der Waals surface area contributed by atoms with E-state index in [9.17, 15) is 0 Å². The molecule has 1 fully saturated rings. The first-order valence-corrected chi connectivity index (χ1v) is 10.4. The second-order valence-corrected chi connectivity index (χ2v) is 8.19. The summed E-state index contributed by atoms with van der Waals surface area (Å²) in [4.78, 5) is 9.73. The van der Waals surface area contributed by atoms with Gasteiger partial charge in [-0.2, -0.15) is 5.21 Å². The van der Waals surface area contributed by atoms with Gasteiger partial charge in [0, 0.05) is 48.9 Å². The number of benzene rings is 1. The summed E-state index contributed by atoms with van der Waals surface area (Å²) in [5, 5.41) is 17.5. The van der Waals surface area contributed by atoms with Crippen molar-refractivity contribution < 1.29 is 0 Å². The average molecular weight is 396 g/mol. The minimum atomic E-state index is 0.141. The Bertz CT molecular complexity index is 876. The predicted molar refractivity (Wildman–Crippen MR) is 111 cm³/mol. The molecule has 0 spiro atoms. The molecular weight excluding hydrogens is 370 g/mol. The predicted octanol–water partition coefficient (Wildman–Crippen LogP) is 2.99. The number of tetrazole rings is 1. The van der Waals surface area contributed by atoms with E-state index in [2.05, 4.69) is 85.5 Å². The van der Waals surface area contributed by atoms with Crippen molar-refractivity contribution in [2.45, 2.75) is 32.0 Å². The van der Waals surface area contributed by atoms with E-state index < -0.39 is 0 Å². The van der Waals surface area contributed by atoms with Gasteiger partial charge in [0.2, 0.25) is 5.82 Å². The Hall–Kier alpha value is -2.42. The first-order valence-electron chi connectivity index (χ1n) is 9.51. The van der Waals surface area contributed by atoms with Crippen LogP contribution in [-0.2, 0) is 0 Å². The summed E-state index contributed by atoms with van der Waals surface area (Å²) < 4.78 is 0. The zero-order valence-electron chi connectivity index (χ0n) is 16.2. The summed E-state index contributed by atoms with van der Waals surface area (Å²) in [5.74, 6) is 0.609. The molecule has 0 aliphatic carbocycles. The molecule has 3 atom stereocenters. The smallest absolute Gasteiger partial charge is 0.204 e. The maximum atomic E-state index is 4.66. The monoisotopic (exact) mass is 395 g/mol. The number of hydrogen-bond donors (Lipinski definition) is 1. The normalized spacial score (nSPS) is 22.2. The van der Waals surface area contributed by atoms with Gasteiger partial charge in [0.15, 0.2) is 0 Å². The van der Waals surface area contributed by atoms with Crippen LogP contribution in [0.4, 0.5) is 0 Å². The second kappa shape index (κ2) is 8.30. The van der Waals surface area contributed by atoms with Crippen LogP contribution < -0.4 is 0 Å². The molecule has 3 aromatic rings. The number of thiazole rings is 1. The van der Waals surface area contributed by atoms with Crippen LogP contribution in [0.3, 0.4) is 0 Å². The number of nitrogens with one attached hydrogen (secondary N) is 1. The summed E-state index contributed by atoms with van der Waals surface area (Å²) in [7, 11) is 0. The second-order valence-electron chi connectivity index (χ2n) is 7.27. The SMILES string of the molecule is C=CCN1C[C@H](C)N([C@H](c2ccc(-c3nn[nH]n3)cc2)c2nccs2)C[C@@H]1C. The number of nitrogens with zero attached hydrogens (tertiary/aromatic N) is 6. The van der Waals surface area contributed by atoms with Gasteiger partial charge < -0.3 is 0 Å². The summed E-state index contributed by atoms with van der Waals surface area (Å²) in [6, 6.07) is 9.46. The highest BCUT2D eigenvalue weighted by Gasteiger charge is 2.35. The van der Waals surface area contributed by atoms with Crippen LogP contribution >= 0.6 is 11.3 Å². The zero-order valence-corrected chi connectivity index (χ0v) is 17.0. The quantitative estimate of drug-likeness (QED) is 0.647. The van der Waals surface area contributed by atoms with Crippen molar-refractivity contribution in [2.75, 3.05) is 19.6 Å².